The monoisotopic (exact) mass is 624 g/mol. The van der Waals surface area contributed by atoms with Gasteiger partial charge in [-0.25, -0.2) is 0 Å². The first-order chi connectivity index (χ1) is 22.6. The van der Waals surface area contributed by atoms with Gasteiger partial charge in [-0.15, -0.1) is 22.7 Å². The molecule has 6 aromatic carbocycles. The van der Waals surface area contributed by atoms with Gasteiger partial charge in [0.05, 0.1) is 11.0 Å². The summed E-state index contributed by atoms with van der Waals surface area (Å²) in [6.45, 7) is 0. The van der Waals surface area contributed by atoms with E-state index in [0.29, 0.717) is 0 Å². The summed E-state index contributed by atoms with van der Waals surface area (Å²) in [6.07, 6.45) is 0. The van der Waals surface area contributed by atoms with Gasteiger partial charge in [0.2, 0.25) is 0 Å². The van der Waals surface area contributed by atoms with E-state index in [2.05, 4.69) is 156 Å². The van der Waals surface area contributed by atoms with Crippen molar-refractivity contribution in [3.8, 4) is 31.3 Å². The fourth-order valence-corrected chi connectivity index (χ4v) is 9.43. The Morgan fingerprint density at radius 2 is 1.00 bits per heavy atom. The third-order valence-corrected chi connectivity index (χ3v) is 12.0. The second-order valence-corrected chi connectivity index (χ2v) is 14.3. The fraction of sp³-hybridized carbons (Fsp3) is 0.0476. The molecule has 10 aromatic rings. The maximum Gasteiger partial charge on any atom is 0.0568 e. The van der Waals surface area contributed by atoms with Gasteiger partial charge in [-0.2, -0.15) is 0 Å². The summed E-state index contributed by atoms with van der Waals surface area (Å²) in [7, 11) is 4.44. The molecule has 4 heteroatoms. The number of thiophene rings is 2. The summed E-state index contributed by atoms with van der Waals surface area (Å²) in [5.74, 6) is 0. The topological polar surface area (TPSA) is 9.86 Å². The third kappa shape index (κ3) is 3.69. The maximum atomic E-state index is 2.41. The molecule has 0 N–H and O–H groups in total. The third-order valence-electron chi connectivity index (χ3n) is 9.83. The molecule has 4 aromatic heterocycles. The molecule has 218 valence electrons. The predicted octanol–water partition coefficient (Wildman–Crippen LogP) is 12.4. The highest BCUT2D eigenvalue weighted by molar-refractivity contribution is 7.23. The zero-order valence-corrected chi connectivity index (χ0v) is 27.0. The van der Waals surface area contributed by atoms with Gasteiger partial charge in [-0.05, 0) is 75.3 Å². The van der Waals surface area contributed by atoms with Crippen molar-refractivity contribution in [2.45, 2.75) is 0 Å². The fourth-order valence-electron chi connectivity index (χ4n) is 7.60. The molecule has 4 heterocycles. The van der Waals surface area contributed by atoms with Crippen LogP contribution in [0.2, 0.25) is 0 Å². The van der Waals surface area contributed by atoms with Crippen molar-refractivity contribution in [3.63, 3.8) is 0 Å². The molecule has 0 saturated heterocycles. The molecule has 46 heavy (non-hydrogen) atoms. The Balaban J connectivity index is 1.14. The van der Waals surface area contributed by atoms with Gasteiger partial charge in [0, 0.05) is 72.1 Å². The molecular weight excluding hydrogens is 597 g/mol. The van der Waals surface area contributed by atoms with Gasteiger partial charge in [-0.3, -0.25) is 0 Å². The Labute approximate surface area is 274 Å². The summed E-state index contributed by atoms with van der Waals surface area (Å²) in [6, 6.07) is 47.4. The average molecular weight is 625 g/mol. The molecule has 0 saturated carbocycles. The van der Waals surface area contributed by atoms with Crippen molar-refractivity contribution in [3.05, 3.63) is 133 Å². The molecule has 0 unspecified atom stereocenters. The molecule has 0 radical (unpaired) electrons. The molecule has 0 aliphatic rings. The molecular formula is C42H28N2S2. The van der Waals surface area contributed by atoms with Crippen molar-refractivity contribution in [2.24, 2.45) is 14.1 Å². The minimum Gasteiger partial charge on any atom is -0.343 e. The van der Waals surface area contributed by atoms with Crippen LogP contribution in [0, 0.1) is 0 Å². The van der Waals surface area contributed by atoms with E-state index < -0.39 is 0 Å². The summed E-state index contributed by atoms with van der Waals surface area (Å²) < 4.78 is 4.80. The van der Waals surface area contributed by atoms with E-state index >= 15 is 0 Å². The van der Waals surface area contributed by atoms with E-state index in [1.165, 1.54) is 96.5 Å². The number of benzene rings is 6. The summed E-state index contributed by atoms with van der Waals surface area (Å²) in [5.41, 5.74) is 8.90. The van der Waals surface area contributed by atoms with E-state index in [1.54, 1.807) is 11.3 Å². The second kappa shape index (κ2) is 9.67. The van der Waals surface area contributed by atoms with Crippen molar-refractivity contribution in [1.29, 1.82) is 0 Å². The Hall–Kier alpha value is -5.16. The van der Waals surface area contributed by atoms with Crippen molar-refractivity contribution in [2.75, 3.05) is 0 Å². The van der Waals surface area contributed by atoms with Crippen molar-refractivity contribution in [1.82, 2.24) is 9.13 Å². The highest BCUT2D eigenvalue weighted by Gasteiger charge is 2.18. The number of hydrogen-bond acceptors (Lipinski definition) is 2. The normalized spacial score (nSPS) is 12.1. The number of hydrogen-bond donors (Lipinski definition) is 0. The lowest BCUT2D eigenvalue weighted by Gasteiger charge is -2.07. The predicted molar refractivity (Wildman–Crippen MR) is 201 cm³/mol. The van der Waals surface area contributed by atoms with Crippen LogP contribution in [0.4, 0.5) is 0 Å². The zero-order chi connectivity index (χ0) is 30.5. The van der Waals surface area contributed by atoms with Gasteiger partial charge < -0.3 is 9.13 Å². The van der Waals surface area contributed by atoms with Crippen LogP contribution in [0.5, 0.6) is 0 Å². The number of fused-ring (bicyclic) bond motifs is 10. The Kier molecular flexibility index (Phi) is 5.49. The molecule has 2 nitrogen and oxygen atoms in total. The lowest BCUT2D eigenvalue weighted by molar-refractivity contribution is 1.01. The number of nitrogens with zero attached hydrogens (tertiary/aromatic N) is 2. The first-order valence-corrected chi connectivity index (χ1v) is 17.3. The van der Waals surface area contributed by atoms with Crippen LogP contribution in [-0.4, -0.2) is 9.13 Å². The van der Waals surface area contributed by atoms with Crippen molar-refractivity contribution < 1.29 is 0 Å². The zero-order valence-electron chi connectivity index (χ0n) is 25.4. The minimum absolute atomic E-state index is 1.25. The standard InChI is InChI=1S/C42H28N2S2/c1-43-36-24-35-33-17-12-28-22-29(38-18-19-40(46-38)39-9-6-20-45-39)13-15-31(28)42(33)44(2)37(35)23-34(36)32-16-11-27-21-26(10-14-30(27)41(32)43)25-7-4-3-5-8-25/h3-24H,1-2H3. The van der Waals surface area contributed by atoms with E-state index in [9.17, 15) is 0 Å². The Bertz CT molecular complexity index is 2810. The van der Waals surface area contributed by atoms with Crippen LogP contribution in [0.1, 0.15) is 0 Å². The SMILES string of the molecule is Cn1c2cc3c4ccc5cc(-c6ccc(-c7cccs7)s6)ccc5c4n(C)c3cc2c2ccc3cc(-c4ccccc4)ccc3c21. The van der Waals surface area contributed by atoms with Gasteiger partial charge in [0.15, 0.2) is 0 Å². The van der Waals surface area contributed by atoms with Crippen LogP contribution in [0.15, 0.2) is 133 Å². The maximum absolute atomic E-state index is 2.41. The average Bonchev–Trinajstić information content (AvgIpc) is 3.91. The quantitative estimate of drug-likeness (QED) is 0.185. The Morgan fingerprint density at radius 1 is 0.413 bits per heavy atom. The first kappa shape index (κ1) is 26.1. The largest absolute Gasteiger partial charge is 0.343 e. The molecule has 0 spiro atoms. The first-order valence-electron chi connectivity index (χ1n) is 15.6. The van der Waals surface area contributed by atoms with Crippen LogP contribution in [-0.2, 0) is 14.1 Å². The lowest BCUT2D eigenvalue weighted by Crippen LogP contribution is -1.89. The number of aromatic nitrogens is 2. The van der Waals surface area contributed by atoms with Gasteiger partial charge >= 0.3 is 0 Å². The van der Waals surface area contributed by atoms with Crippen LogP contribution in [0.25, 0.3) is 96.5 Å². The summed E-state index contributed by atoms with van der Waals surface area (Å²) >= 11 is 3.67. The van der Waals surface area contributed by atoms with Crippen LogP contribution < -0.4 is 0 Å². The molecule has 10 rings (SSSR count). The van der Waals surface area contributed by atoms with Gasteiger partial charge in [-0.1, -0.05) is 84.9 Å². The molecule has 0 aliphatic heterocycles. The second-order valence-electron chi connectivity index (χ2n) is 12.3. The highest BCUT2D eigenvalue weighted by atomic mass is 32.1. The number of aryl methyl sites for hydroxylation is 2. The highest BCUT2D eigenvalue weighted by Crippen LogP contribution is 2.42. The van der Waals surface area contributed by atoms with E-state index in [4.69, 9.17) is 0 Å². The molecule has 0 atom stereocenters. The van der Waals surface area contributed by atoms with Crippen LogP contribution in [0.3, 0.4) is 0 Å². The van der Waals surface area contributed by atoms with E-state index in [-0.39, 0.29) is 0 Å². The molecule has 0 bridgehead atoms. The smallest absolute Gasteiger partial charge is 0.0568 e. The van der Waals surface area contributed by atoms with E-state index in [1.807, 2.05) is 11.3 Å². The molecule has 0 aliphatic carbocycles. The molecule has 0 amide bonds. The van der Waals surface area contributed by atoms with Gasteiger partial charge in [0.25, 0.3) is 0 Å². The molecule has 0 fully saturated rings. The summed E-state index contributed by atoms with van der Waals surface area (Å²) in [4.78, 5) is 3.97. The van der Waals surface area contributed by atoms with Crippen molar-refractivity contribution >= 4 is 87.8 Å². The summed E-state index contributed by atoms with van der Waals surface area (Å²) in [5, 5.41) is 12.5. The lowest BCUT2D eigenvalue weighted by atomic mass is 9.99. The number of rotatable bonds is 3. The van der Waals surface area contributed by atoms with Gasteiger partial charge in [0.1, 0.15) is 0 Å². The van der Waals surface area contributed by atoms with Crippen LogP contribution >= 0.6 is 22.7 Å². The minimum atomic E-state index is 1.25. The Morgan fingerprint density at radius 3 is 1.63 bits per heavy atom. The van der Waals surface area contributed by atoms with E-state index in [0.717, 1.165) is 0 Å².